The van der Waals surface area contributed by atoms with Crippen molar-refractivity contribution in [3.05, 3.63) is 24.5 Å². The third-order valence-electron chi connectivity index (χ3n) is 4.40. The zero-order chi connectivity index (χ0) is 15.2. The first-order valence-electron chi connectivity index (χ1n) is 8.26. The van der Waals surface area contributed by atoms with E-state index in [4.69, 9.17) is 0 Å². The molecular weight excluding hydrogens is 262 g/mol. The van der Waals surface area contributed by atoms with Gasteiger partial charge in [0, 0.05) is 25.0 Å². The first-order chi connectivity index (χ1) is 10.1. The molecule has 0 radical (unpaired) electrons. The summed E-state index contributed by atoms with van der Waals surface area (Å²) in [4.78, 5) is 15.0. The summed E-state index contributed by atoms with van der Waals surface area (Å²) >= 11 is 0. The average molecular weight is 291 g/mol. The second kappa shape index (κ2) is 7.64. The van der Waals surface area contributed by atoms with Gasteiger partial charge in [-0.1, -0.05) is 20.8 Å². The van der Waals surface area contributed by atoms with E-state index in [1.807, 2.05) is 29.1 Å². The predicted molar refractivity (Wildman–Crippen MR) is 86.2 cm³/mol. The number of carbonyl (C=O) groups is 1. The number of carbonyl (C=O) groups excluding carboxylic acids is 1. The highest BCUT2D eigenvalue weighted by atomic mass is 16.2. The number of nitrogens with zero attached hydrogens (tertiary/aromatic N) is 2. The molecule has 0 aromatic carbocycles. The maximum absolute atomic E-state index is 12.6. The van der Waals surface area contributed by atoms with Crippen LogP contribution in [0.4, 0.5) is 0 Å². The number of hydrogen-bond donors (Lipinski definition) is 1. The van der Waals surface area contributed by atoms with Crippen molar-refractivity contribution in [3.63, 3.8) is 0 Å². The van der Waals surface area contributed by atoms with E-state index in [1.54, 1.807) is 0 Å². The standard InChI is InChI=1S/C17H29N3O/c1-4-19-11-7-8-15(19)13-18-17(21)16(12-14(2)3)20-9-5-6-10-20/h5-6,9-10,14-16H,4,7-8,11-13H2,1-3H3,(H,18,21)/t15-,16-/m1/s1. The Balaban J connectivity index is 1.92. The first kappa shape index (κ1) is 16.1. The summed E-state index contributed by atoms with van der Waals surface area (Å²) in [5.41, 5.74) is 0. The minimum Gasteiger partial charge on any atom is -0.353 e. The molecule has 4 heteroatoms. The van der Waals surface area contributed by atoms with Gasteiger partial charge < -0.3 is 9.88 Å². The molecule has 1 amide bonds. The molecule has 1 aliphatic heterocycles. The van der Waals surface area contributed by atoms with Crippen molar-refractivity contribution >= 4 is 5.91 Å². The van der Waals surface area contributed by atoms with Gasteiger partial charge in [0.15, 0.2) is 0 Å². The lowest BCUT2D eigenvalue weighted by atomic mass is 10.0. The Morgan fingerprint density at radius 1 is 1.33 bits per heavy atom. The van der Waals surface area contributed by atoms with E-state index in [1.165, 1.54) is 19.4 Å². The van der Waals surface area contributed by atoms with Crippen LogP contribution in [0.15, 0.2) is 24.5 Å². The van der Waals surface area contributed by atoms with Crippen LogP contribution in [-0.2, 0) is 4.79 Å². The summed E-state index contributed by atoms with van der Waals surface area (Å²) in [6.07, 6.45) is 7.30. The molecule has 21 heavy (non-hydrogen) atoms. The molecule has 0 unspecified atom stereocenters. The summed E-state index contributed by atoms with van der Waals surface area (Å²) in [7, 11) is 0. The van der Waals surface area contributed by atoms with Crippen molar-refractivity contribution < 1.29 is 4.79 Å². The number of hydrogen-bond acceptors (Lipinski definition) is 2. The molecule has 1 aliphatic rings. The lowest BCUT2D eigenvalue weighted by Gasteiger charge is -2.25. The van der Waals surface area contributed by atoms with Crippen LogP contribution in [0.2, 0.25) is 0 Å². The molecule has 1 N–H and O–H groups in total. The van der Waals surface area contributed by atoms with Gasteiger partial charge in [-0.3, -0.25) is 9.69 Å². The van der Waals surface area contributed by atoms with Crippen LogP contribution in [-0.4, -0.2) is 41.1 Å². The number of likely N-dealkylation sites (tertiary alicyclic amines) is 1. The monoisotopic (exact) mass is 291 g/mol. The lowest BCUT2D eigenvalue weighted by Crippen LogP contribution is -2.42. The van der Waals surface area contributed by atoms with Crippen LogP contribution >= 0.6 is 0 Å². The molecule has 0 aliphatic carbocycles. The highest BCUT2D eigenvalue weighted by molar-refractivity contribution is 5.80. The van der Waals surface area contributed by atoms with Crippen LogP contribution in [0, 0.1) is 5.92 Å². The van der Waals surface area contributed by atoms with E-state index in [2.05, 4.69) is 31.0 Å². The van der Waals surface area contributed by atoms with E-state index in [0.717, 1.165) is 19.5 Å². The molecule has 2 atom stereocenters. The van der Waals surface area contributed by atoms with Gasteiger partial charge in [-0.15, -0.1) is 0 Å². The van der Waals surface area contributed by atoms with Gasteiger partial charge in [-0.05, 0) is 50.4 Å². The Bertz CT molecular complexity index is 427. The highest BCUT2D eigenvalue weighted by Gasteiger charge is 2.25. The fourth-order valence-corrected chi connectivity index (χ4v) is 3.25. The number of rotatable bonds is 7. The summed E-state index contributed by atoms with van der Waals surface area (Å²) in [5.74, 6) is 0.657. The largest absolute Gasteiger partial charge is 0.353 e. The Kier molecular flexibility index (Phi) is 5.85. The quantitative estimate of drug-likeness (QED) is 0.838. The summed E-state index contributed by atoms with van der Waals surface area (Å²) in [6, 6.07) is 4.40. The molecule has 0 bridgehead atoms. The third-order valence-corrected chi connectivity index (χ3v) is 4.40. The van der Waals surface area contributed by atoms with Crippen LogP contribution in [0.5, 0.6) is 0 Å². The van der Waals surface area contributed by atoms with Crippen molar-refractivity contribution in [2.45, 2.75) is 52.1 Å². The van der Waals surface area contributed by atoms with Crippen molar-refractivity contribution in [2.24, 2.45) is 5.92 Å². The molecule has 0 saturated carbocycles. The first-order valence-corrected chi connectivity index (χ1v) is 8.26. The van der Waals surface area contributed by atoms with Crippen molar-refractivity contribution in [2.75, 3.05) is 19.6 Å². The topological polar surface area (TPSA) is 37.3 Å². The second-order valence-electron chi connectivity index (χ2n) is 6.45. The minimum absolute atomic E-state index is 0.0866. The second-order valence-corrected chi connectivity index (χ2v) is 6.45. The summed E-state index contributed by atoms with van der Waals surface area (Å²) in [6.45, 7) is 9.56. The zero-order valence-corrected chi connectivity index (χ0v) is 13.6. The van der Waals surface area contributed by atoms with Gasteiger partial charge >= 0.3 is 0 Å². The molecular formula is C17H29N3O. The van der Waals surface area contributed by atoms with Crippen LogP contribution < -0.4 is 5.32 Å². The van der Waals surface area contributed by atoms with Crippen LogP contribution in [0.3, 0.4) is 0 Å². The lowest BCUT2D eigenvalue weighted by molar-refractivity contribution is -0.125. The third kappa shape index (κ3) is 4.34. The van der Waals surface area contributed by atoms with Crippen LogP contribution in [0.1, 0.15) is 46.1 Å². The Morgan fingerprint density at radius 2 is 2.05 bits per heavy atom. The summed E-state index contributed by atoms with van der Waals surface area (Å²) < 4.78 is 2.03. The Hall–Kier alpha value is -1.29. The van der Waals surface area contributed by atoms with E-state index in [9.17, 15) is 4.79 Å². The fourth-order valence-electron chi connectivity index (χ4n) is 3.25. The summed E-state index contributed by atoms with van der Waals surface area (Å²) in [5, 5.41) is 3.18. The van der Waals surface area contributed by atoms with Crippen molar-refractivity contribution in [1.82, 2.24) is 14.8 Å². The maximum Gasteiger partial charge on any atom is 0.243 e. The molecule has 0 spiro atoms. The zero-order valence-electron chi connectivity index (χ0n) is 13.6. The normalized spacial score (nSPS) is 20.9. The molecule has 1 aromatic heterocycles. The predicted octanol–water partition coefficient (Wildman–Crippen LogP) is 2.68. The number of likely N-dealkylation sites (N-methyl/N-ethyl adjacent to an activating group) is 1. The van der Waals surface area contributed by atoms with Gasteiger partial charge in [0.05, 0.1) is 0 Å². The van der Waals surface area contributed by atoms with Gasteiger partial charge in [-0.25, -0.2) is 0 Å². The van der Waals surface area contributed by atoms with Crippen molar-refractivity contribution in [3.8, 4) is 0 Å². The van der Waals surface area contributed by atoms with E-state index in [0.29, 0.717) is 12.0 Å². The number of nitrogens with one attached hydrogen (secondary N) is 1. The van der Waals surface area contributed by atoms with Gasteiger partial charge in [0.25, 0.3) is 0 Å². The van der Waals surface area contributed by atoms with Gasteiger partial charge in [0.2, 0.25) is 5.91 Å². The number of amides is 1. The van der Waals surface area contributed by atoms with E-state index >= 15 is 0 Å². The molecule has 1 saturated heterocycles. The minimum atomic E-state index is -0.0866. The van der Waals surface area contributed by atoms with Gasteiger partial charge in [0.1, 0.15) is 6.04 Å². The maximum atomic E-state index is 12.6. The SMILES string of the molecule is CCN1CCC[C@@H]1CNC(=O)[C@@H](CC(C)C)n1cccc1. The Labute approximate surface area is 128 Å². The molecule has 118 valence electrons. The average Bonchev–Trinajstić information content (AvgIpc) is 3.12. The molecule has 1 fully saturated rings. The molecule has 2 heterocycles. The molecule has 2 rings (SSSR count). The smallest absolute Gasteiger partial charge is 0.243 e. The van der Waals surface area contributed by atoms with E-state index in [-0.39, 0.29) is 11.9 Å². The van der Waals surface area contributed by atoms with E-state index < -0.39 is 0 Å². The van der Waals surface area contributed by atoms with Crippen molar-refractivity contribution in [1.29, 1.82) is 0 Å². The highest BCUT2D eigenvalue weighted by Crippen LogP contribution is 2.19. The molecule has 4 nitrogen and oxygen atoms in total. The Morgan fingerprint density at radius 3 is 2.67 bits per heavy atom. The van der Waals surface area contributed by atoms with Gasteiger partial charge in [-0.2, -0.15) is 0 Å². The fraction of sp³-hybridized carbons (Fsp3) is 0.706. The number of aromatic nitrogens is 1. The molecule has 1 aromatic rings. The van der Waals surface area contributed by atoms with Crippen LogP contribution in [0.25, 0.3) is 0 Å².